The number of nitrogens with one attached hydrogen (secondary N) is 1. The lowest BCUT2D eigenvalue weighted by atomic mass is 10.1. The van der Waals surface area contributed by atoms with Gasteiger partial charge in [0.15, 0.2) is 11.6 Å². The zero-order chi connectivity index (χ0) is 20.0. The molecule has 1 N–H and O–H groups in total. The average Bonchev–Trinajstić information content (AvgIpc) is 3.33. The van der Waals surface area contributed by atoms with E-state index in [9.17, 15) is 13.6 Å². The van der Waals surface area contributed by atoms with Crippen LogP contribution in [0.2, 0.25) is 0 Å². The molecule has 3 aromatic rings. The summed E-state index contributed by atoms with van der Waals surface area (Å²) in [7, 11) is 4.58. The number of rotatable bonds is 5. The summed E-state index contributed by atoms with van der Waals surface area (Å²) >= 11 is 0. The third kappa shape index (κ3) is 2.84. The van der Waals surface area contributed by atoms with Crippen molar-refractivity contribution in [2.45, 2.75) is 6.17 Å². The van der Waals surface area contributed by atoms with Crippen LogP contribution in [0.25, 0.3) is 22.2 Å². The molecule has 0 bridgehead atoms. The van der Waals surface area contributed by atoms with E-state index in [4.69, 9.17) is 9.47 Å². The number of halogens is 2. The molecule has 0 saturated heterocycles. The molecule has 144 valence electrons. The number of hydrogen-bond acceptors (Lipinski definition) is 5. The standard InChI is InChI=1S/C19H16F2N4O3/c1-25-13(16-17(27-2)12(21)7-23-19(16)28-3)4-9-5-15(22-8-14(9)25)24-18(26)10-6-11(10)20/h4-8,11H,1-3H3,(H,22,24,26)/t11-/m0/s1. The number of amides is 1. The molecule has 0 unspecified atom stereocenters. The Kier molecular flexibility index (Phi) is 4.21. The van der Waals surface area contributed by atoms with Crippen LogP contribution < -0.4 is 14.8 Å². The number of carbonyl (C=O) groups excluding carboxylic acids is 1. The van der Waals surface area contributed by atoms with Gasteiger partial charge in [0.05, 0.1) is 43.4 Å². The zero-order valence-electron chi connectivity index (χ0n) is 15.3. The maximum absolute atomic E-state index is 14.2. The topological polar surface area (TPSA) is 78.3 Å². The highest BCUT2D eigenvalue weighted by molar-refractivity contribution is 6.08. The van der Waals surface area contributed by atoms with Crippen molar-refractivity contribution in [1.29, 1.82) is 0 Å². The SMILES string of the molecule is COc1ncc(F)c(OC)c1-c1cc2cc(NC(=O)C3=C[C@@H]3F)ncc2n1C. The van der Waals surface area contributed by atoms with E-state index >= 15 is 0 Å². The first-order valence-electron chi connectivity index (χ1n) is 8.34. The highest BCUT2D eigenvalue weighted by Gasteiger charge is 2.31. The van der Waals surface area contributed by atoms with Crippen molar-refractivity contribution >= 4 is 22.6 Å². The summed E-state index contributed by atoms with van der Waals surface area (Å²) in [5.41, 5.74) is 1.78. The van der Waals surface area contributed by atoms with Crippen molar-refractivity contribution in [3.63, 3.8) is 0 Å². The molecule has 4 rings (SSSR count). The highest BCUT2D eigenvalue weighted by atomic mass is 19.1. The van der Waals surface area contributed by atoms with E-state index in [1.165, 1.54) is 20.3 Å². The van der Waals surface area contributed by atoms with E-state index < -0.39 is 17.9 Å². The van der Waals surface area contributed by atoms with Crippen LogP contribution >= 0.6 is 0 Å². The minimum atomic E-state index is -1.28. The summed E-state index contributed by atoms with van der Waals surface area (Å²) in [6.45, 7) is 0. The van der Waals surface area contributed by atoms with Crippen LogP contribution in [0.15, 0.2) is 36.2 Å². The molecule has 1 atom stereocenters. The van der Waals surface area contributed by atoms with Gasteiger partial charge in [-0.05, 0) is 18.2 Å². The molecule has 28 heavy (non-hydrogen) atoms. The van der Waals surface area contributed by atoms with Gasteiger partial charge in [-0.2, -0.15) is 0 Å². The van der Waals surface area contributed by atoms with Crippen LogP contribution in [-0.2, 0) is 11.8 Å². The Morgan fingerprint density at radius 1 is 1.21 bits per heavy atom. The lowest BCUT2D eigenvalue weighted by Crippen LogP contribution is -2.12. The maximum Gasteiger partial charge on any atom is 0.255 e. The second-order valence-corrected chi connectivity index (χ2v) is 6.22. The number of fused-ring (bicyclic) bond motifs is 1. The van der Waals surface area contributed by atoms with Gasteiger partial charge in [-0.1, -0.05) is 0 Å². The Bertz CT molecular complexity index is 1140. The van der Waals surface area contributed by atoms with Crippen LogP contribution in [0.5, 0.6) is 11.6 Å². The van der Waals surface area contributed by atoms with Gasteiger partial charge in [0.1, 0.15) is 17.6 Å². The number of pyridine rings is 2. The first kappa shape index (κ1) is 17.9. The van der Waals surface area contributed by atoms with E-state index in [0.717, 1.165) is 17.1 Å². The highest BCUT2D eigenvalue weighted by Crippen LogP contribution is 2.40. The van der Waals surface area contributed by atoms with Crippen LogP contribution in [-0.4, -0.2) is 40.8 Å². The van der Waals surface area contributed by atoms with E-state index in [2.05, 4.69) is 15.3 Å². The summed E-state index contributed by atoms with van der Waals surface area (Å²) < 4.78 is 39.5. The molecular weight excluding hydrogens is 370 g/mol. The fraction of sp³-hybridized carbons (Fsp3) is 0.211. The number of aryl methyl sites for hydroxylation is 1. The number of anilines is 1. The van der Waals surface area contributed by atoms with Crippen molar-refractivity contribution in [1.82, 2.24) is 14.5 Å². The minimum Gasteiger partial charge on any atom is -0.493 e. The van der Waals surface area contributed by atoms with Crippen molar-refractivity contribution in [3.05, 3.63) is 42.0 Å². The minimum absolute atomic E-state index is 0.00824. The second-order valence-electron chi connectivity index (χ2n) is 6.22. The van der Waals surface area contributed by atoms with Gasteiger partial charge in [0, 0.05) is 12.4 Å². The molecule has 0 aromatic carbocycles. The van der Waals surface area contributed by atoms with Gasteiger partial charge in [0.2, 0.25) is 5.88 Å². The fourth-order valence-electron chi connectivity index (χ4n) is 3.08. The van der Waals surface area contributed by atoms with Crippen LogP contribution in [0, 0.1) is 5.82 Å². The van der Waals surface area contributed by atoms with E-state index in [0.29, 0.717) is 11.3 Å². The van der Waals surface area contributed by atoms with Gasteiger partial charge >= 0.3 is 0 Å². The summed E-state index contributed by atoms with van der Waals surface area (Å²) in [5, 5.41) is 3.29. The van der Waals surface area contributed by atoms with Gasteiger partial charge < -0.3 is 19.4 Å². The van der Waals surface area contributed by atoms with E-state index in [1.54, 1.807) is 29.9 Å². The van der Waals surface area contributed by atoms with Crippen LogP contribution in [0.4, 0.5) is 14.6 Å². The number of hydrogen-bond donors (Lipinski definition) is 1. The summed E-state index contributed by atoms with van der Waals surface area (Å²) in [6, 6.07) is 3.43. The summed E-state index contributed by atoms with van der Waals surface area (Å²) in [4.78, 5) is 20.0. The third-order valence-corrected chi connectivity index (χ3v) is 4.55. The van der Waals surface area contributed by atoms with Gasteiger partial charge in [-0.25, -0.2) is 18.7 Å². The maximum atomic E-state index is 14.2. The molecule has 0 aliphatic heterocycles. The number of ether oxygens (including phenoxy) is 2. The van der Waals surface area contributed by atoms with Gasteiger partial charge in [0.25, 0.3) is 5.91 Å². The lowest BCUT2D eigenvalue weighted by Gasteiger charge is -2.13. The van der Waals surface area contributed by atoms with Gasteiger partial charge in [-0.15, -0.1) is 0 Å². The third-order valence-electron chi connectivity index (χ3n) is 4.55. The Hall–Kier alpha value is -3.49. The summed E-state index contributed by atoms with van der Waals surface area (Å²) in [5.74, 6) is -0.638. The molecule has 3 aromatic heterocycles. The predicted octanol–water partition coefficient (Wildman–Crippen LogP) is 3.01. The number of aromatic nitrogens is 3. The molecule has 1 aliphatic rings. The largest absolute Gasteiger partial charge is 0.493 e. The lowest BCUT2D eigenvalue weighted by molar-refractivity contribution is -0.112. The molecule has 1 aliphatic carbocycles. The van der Waals surface area contributed by atoms with E-state index in [1.807, 2.05) is 0 Å². The number of allylic oxidation sites excluding steroid dienone is 1. The molecule has 0 spiro atoms. The predicted molar refractivity (Wildman–Crippen MR) is 98.6 cm³/mol. The van der Waals surface area contributed by atoms with Crippen molar-refractivity contribution in [2.75, 3.05) is 19.5 Å². The Labute approximate surface area is 158 Å². The molecule has 0 fully saturated rings. The Balaban J connectivity index is 1.79. The van der Waals surface area contributed by atoms with Crippen LogP contribution in [0.1, 0.15) is 0 Å². The Morgan fingerprint density at radius 2 is 1.96 bits per heavy atom. The monoisotopic (exact) mass is 386 g/mol. The number of methoxy groups -OCH3 is 2. The second kappa shape index (κ2) is 6.59. The van der Waals surface area contributed by atoms with Crippen molar-refractivity contribution < 1.29 is 23.0 Å². The molecule has 3 heterocycles. The van der Waals surface area contributed by atoms with Crippen molar-refractivity contribution in [2.24, 2.45) is 7.05 Å². The average molecular weight is 386 g/mol. The normalized spacial score (nSPS) is 15.3. The molecule has 7 nitrogen and oxygen atoms in total. The first-order valence-corrected chi connectivity index (χ1v) is 8.34. The van der Waals surface area contributed by atoms with Crippen LogP contribution in [0.3, 0.4) is 0 Å². The molecule has 0 saturated carbocycles. The smallest absolute Gasteiger partial charge is 0.255 e. The molecule has 1 amide bonds. The molecular formula is C19H16F2N4O3. The number of nitrogens with zero attached hydrogens (tertiary/aromatic N) is 3. The van der Waals surface area contributed by atoms with Crippen molar-refractivity contribution in [3.8, 4) is 22.9 Å². The quantitative estimate of drug-likeness (QED) is 0.729. The molecule has 9 heteroatoms. The Morgan fingerprint density at radius 3 is 2.61 bits per heavy atom. The van der Waals surface area contributed by atoms with Gasteiger partial charge in [-0.3, -0.25) is 4.79 Å². The summed E-state index contributed by atoms with van der Waals surface area (Å²) in [6.07, 6.45) is 2.54. The zero-order valence-corrected chi connectivity index (χ0v) is 15.3. The fourth-order valence-corrected chi connectivity index (χ4v) is 3.08. The number of alkyl halides is 1. The molecule has 0 radical (unpaired) electrons. The van der Waals surface area contributed by atoms with E-state index in [-0.39, 0.29) is 23.0 Å². The number of carbonyl (C=O) groups is 1. The first-order chi connectivity index (χ1) is 13.4.